The molecule has 0 N–H and O–H groups in total. The predicted molar refractivity (Wildman–Crippen MR) is 60.5 cm³/mol. The van der Waals surface area contributed by atoms with Gasteiger partial charge in [-0.25, -0.2) is 8.78 Å². The molecule has 2 nitrogen and oxygen atoms in total. The maximum absolute atomic E-state index is 13.2. The smallest absolute Gasteiger partial charge is 0.146 e. The maximum atomic E-state index is 13.2. The fourth-order valence-electron chi connectivity index (χ4n) is 1.21. The fourth-order valence-corrected chi connectivity index (χ4v) is 1.21. The molecule has 0 amide bonds. The molecule has 0 bridgehead atoms. The molecule has 0 fully saturated rings. The highest BCUT2D eigenvalue weighted by Crippen LogP contribution is 2.07. The Morgan fingerprint density at radius 3 is 2.88 bits per heavy atom. The Morgan fingerprint density at radius 2 is 2.31 bits per heavy atom. The Labute approximate surface area is 93.7 Å². The molecule has 1 aromatic rings. The average molecular weight is 224 g/mol. The lowest BCUT2D eigenvalue weighted by Crippen LogP contribution is -1.95. The number of aromatic nitrogens is 1. The summed E-state index contributed by atoms with van der Waals surface area (Å²) in [6.45, 7) is 3.45. The third-order valence-electron chi connectivity index (χ3n) is 2.04. The van der Waals surface area contributed by atoms with Crippen LogP contribution in [-0.2, 0) is 6.54 Å². The molecule has 1 aromatic heterocycles. The zero-order chi connectivity index (χ0) is 12.0. The van der Waals surface area contributed by atoms with Crippen molar-refractivity contribution in [2.75, 3.05) is 0 Å². The third-order valence-corrected chi connectivity index (χ3v) is 2.04. The summed E-state index contributed by atoms with van der Waals surface area (Å²) in [4.78, 5) is 7.79. The highest BCUT2D eigenvalue weighted by Gasteiger charge is 2.00. The minimum atomic E-state index is -0.386. The highest BCUT2D eigenvalue weighted by atomic mass is 19.1. The van der Waals surface area contributed by atoms with Crippen molar-refractivity contribution in [2.24, 2.45) is 4.99 Å². The van der Waals surface area contributed by atoms with Crippen LogP contribution in [0.25, 0.3) is 0 Å². The van der Waals surface area contributed by atoms with Crippen molar-refractivity contribution in [1.29, 1.82) is 0 Å². The van der Waals surface area contributed by atoms with Crippen LogP contribution in [-0.4, -0.2) is 10.7 Å². The number of halogens is 2. The number of rotatable bonds is 4. The molecule has 0 radical (unpaired) electrons. The molecule has 0 spiro atoms. The molecule has 0 saturated carbocycles. The number of allylic oxidation sites excluding steroid dienone is 2. The van der Waals surface area contributed by atoms with Gasteiger partial charge in [0.05, 0.1) is 18.6 Å². The minimum absolute atomic E-state index is 0.210. The summed E-state index contributed by atoms with van der Waals surface area (Å²) in [5.41, 5.74) is 1.09. The van der Waals surface area contributed by atoms with Gasteiger partial charge in [-0.05, 0) is 25.5 Å². The second-order valence-electron chi connectivity index (χ2n) is 3.36. The van der Waals surface area contributed by atoms with Gasteiger partial charge in [-0.2, -0.15) is 0 Å². The van der Waals surface area contributed by atoms with E-state index in [1.54, 1.807) is 6.07 Å². The quantitative estimate of drug-likeness (QED) is 0.719. The van der Waals surface area contributed by atoms with Gasteiger partial charge in [0, 0.05) is 17.5 Å². The van der Waals surface area contributed by atoms with Crippen LogP contribution < -0.4 is 0 Å². The molecule has 86 valence electrons. The van der Waals surface area contributed by atoms with E-state index in [1.165, 1.54) is 19.2 Å². The molecule has 4 heteroatoms. The van der Waals surface area contributed by atoms with E-state index < -0.39 is 0 Å². The first-order chi connectivity index (χ1) is 7.63. The van der Waals surface area contributed by atoms with Gasteiger partial charge in [-0.3, -0.25) is 9.98 Å². The van der Waals surface area contributed by atoms with Gasteiger partial charge in [0.25, 0.3) is 0 Å². The van der Waals surface area contributed by atoms with Crippen molar-refractivity contribution in [3.05, 3.63) is 41.7 Å². The number of hydrogen-bond acceptors (Lipinski definition) is 2. The first-order valence-electron chi connectivity index (χ1n) is 5.09. The lowest BCUT2D eigenvalue weighted by molar-refractivity contribution is 0.604. The molecule has 0 aliphatic heterocycles. The number of nitrogens with zero attached hydrogens (tertiary/aromatic N) is 2. The minimum Gasteiger partial charge on any atom is -0.285 e. The highest BCUT2D eigenvalue weighted by molar-refractivity contribution is 5.94. The number of aliphatic imine (C=N–C) groups is 1. The van der Waals surface area contributed by atoms with E-state index in [1.807, 2.05) is 6.92 Å². The van der Waals surface area contributed by atoms with Crippen LogP contribution >= 0.6 is 0 Å². The van der Waals surface area contributed by atoms with E-state index in [0.29, 0.717) is 17.7 Å². The molecule has 0 atom stereocenters. The van der Waals surface area contributed by atoms with Gasteiger partial charge in [0.15, 0.2) is 0 Å². The summed E-state index contributed by atoms with van der Waals surface area (Å²) in [6.07, 6.45) is 4.63. The Hall–Kier alpha value is -1.58. The van der Waals surface area contributed by atoms with E-state index in [2.05, 4.69) is 9.98 Å². The Bertz CT molecular complexity index is 407. The van der Waals surface area contributed by atoms with E-state index >= 15 is 0 Å². The summed E-state index contributed by atoms with van der Waals surface area (Å²) in [5.74, 6) is -0.682. The summed E-state index contributed by atoms with van der Waals surface area (Å²) in [6, 6.07) is 1.57. The van der Waals surface area contributed by atoms with E-state index in [9.17, 15) is 8.78 Å². The predicted octanol–water partition coefficient (Wildman–Crippen LogP) is 3.45. The van der Waals surface area contributed by atoms with Gasteiger partial charge in [-0.1, -0.05) is 6.92 Å². The zero-order valence-corrected chi connectivity index (χ0v) is 9.37. The first kappa shape index (κ1) is 12.5. The van der Waals surface area contributed by atoms with Crippen molar-refractivity contribution in [2.45, 2.75) is 26.8 Å². The Kier molecular flexibility index (Phi) is 4.76. The van der Waals surface area contributed by atoms with Crippen molar-refractivity contribution >= 4 is 5.71 Å². The largest absolute Gasteiger partial charge is 0.285 e. The van der Waals surface area contributed by atoms with Gasteiger partial charge in [0.1, 0.15) is 5.82 Å². The average Bonchev–Trinajstić information content (AvgIpc) is 2.25. The van der Waals surface area contributed by atoms with E-state index in [-0.39, 0.29) is 18.2 Å². The van der Waals surface area contributed by atoms with Crippen molar-refractivity contribution < 1.29 is 8.78 Å². The second-order valence-corrected chi connectivity index (χ2v) is 3.36. The van der Waals surface area contributed by atoms with Gasteiger partial charge >= 0.3 is 0 Å². The lowest BCUT2D eigenvalue weighted by Gasteiger charge is -2.00. The lowest BCUT2D eigenvalue weighted by atomic mass is 10.2. The summed E-state index contributed by atoms with van der Waals surface area (Å²) in [5, 5.41) is 0. The Balaban J connectivity index is 2.78. The first-order valence-corrected chi connectivity index (χ1v) is 5.09. The SMILES string of the molecule is CCC(/C=C(\C)F)=NCc1ccncc1F. The van der Waals surface area contributed by atoms with Crippen LogP contribution in [0.2, 0.25) is 0 Å². The number of hydrogen-bond donors (Lipinski definition) is 0. The normalized spacial score (nSPS) is 13.0. The van der Waals surface area contributed by atoms with Gasteiger partial charge in [0.2, 0.25) is 0 Å². The standard InChI is InChI=1S/C12H14F2N2/c1-3-11(6-9(2)13)16-7-10-4-5-15-8-12(10)14/h4-6,8H,3,7H2,1-2H3/b9-6+,16-11?. The molecular weight excluding hydrogens is 210 g/mol. The van der Waals surface area contributed by atoms with E-state index in [4.69, 9.17) is 0 Å². The van der Waals surface area contributed by atoms with Crippen molar-refractivity contribution in [3.8, 4) is 0 Å². The van der Waals surface area contributed by atoms with Crippen LogP contribution in [0.15, 0.2) is 35.4 Å². The van der Waals surface area contributed by atoms with Crippen LogP contribution in [0.4, 0.5) is 8.78 Å². The number of pyridine rings is 1. The molecule has 1 heterocycles. The molecule has 0 unspecified atom stereocenters. The van der Waals surface area contributed by atoms with Gasteiger partial charge < -0.3 is 0 Å². The fraction of sp³-hybridized carbons (Fsp3) is 0.333. The molecule has 0 aliphatic carbocycles. The molecule has 0 aromatic carbocycles. The molecule has 1 rings (SSSR count). The third kappa shape index (κ3) is 3.88. The Morgan fingerprint density at radius 1 is 1.56 bits per heavy atom. The second kappa shape index (κ2) is 6.10. The zero-order valence-electron chi connectivity index (χ0n) is 9.37. The summed E-state index contributed by atoms with van der Waals surface area (Å²) < 4.78 is 25.8. The van der Waals surface area contributed by atoms with Gasteiger partial charge in [-0.15, -0.1) is 0 Å². The van der Waals surface area contributed by atoms with Crippen LogP contribution in [0.5, 0.6) is 0 Å². The van der Waals surface area contributed by atoms with Crippen LogP contribution in [0, 0.1) is 5.82 Å². The molecule has 0 saturated heterocycles. The molecule has 16 heavy (non-hydrogen) atoms. The topological polar surface area (TPSA) is 25.2 Å². The van der Waals surface area contributed by atoms with Crippen LogP contribution in [0.1, 0.15) is 25.8 Å². The summed E-state index contributed by atoms with van der Waals surface area (Å²) >= 11 is 0. The monoisotopic (exact) mass is 224 g/mol. The molecular formula is C12H14F2N2. The summed E-state index contributed by atoms with van der Waals surface area (Å²) in [7, 11) is 0. The van der Waals surface area contributed by atoms with E-state index in [0.717, 1.165) is 6.20 Å². The van der Waals surface area contributed by atoms with Crippen molar-refractivity contribution in [1.82, 2.24) is 4.98 Å². The molecule has 0 aliphatic rings. The maximum Gasteiger partial charge on any atom is 0.146 e. The van der Waals surface area contributed by atoms with Crippen LogP contribution in [0.3, 0.4) is 0 Å². The van der Waals surface area contributed by atoms with Crippen molar-refractivity contribution in [3.63, 3.8) is 0 Å².